The van der Waals surface area contributed by atoms with Crippen molar-refractivity contribution in [3.05, 3.63) is 24.0 Å². The zero-order valence-corrected chi connectivity index (χ0v) is 19.4. The molecule has 0 atom stereocenters. The van der Waals surface area contributed by atoms with Crippen LogP contribution in [0.4, 0.5) is 17.6 Å². The van der Waals surface area contributed by atoms with Crippen LogP contribution in [0.15, 0.2) is 28.0 Å². The number of aliphatic hydroxyl groups is 1. The maximum atomic E-state index is 11.6. The van der Waals surface area contributed by atoms with E-state index in [0.29, 0.717) is 0 Å². The number of nitrogens with two attached hydrogens (primary N) is 1. The predicted octanol–water partition coefficient (Wildman–Crippen LogP) is -2.01. The number of nitrogens with zero attached hydrogens (tertiary/aromatic N) is 4. The Kier molecular flexibility index (Phi) is 8.24. The molecule has 1 aromatic heterocycles. The molecule has 19 heteroatoms. The van der Waals surface area contributed by atoms with Gasteiger partial charge in [-0.1, -0.05) is 0 Å². The van der Waals surface area contributed by atoms with Crippen molar-refractivity contribution in [2.24, 2.45) is 0 Å². The number of aromatic nitrogens is 3. The van der Waals surface area contributed by atoms with Crippen molar-refractivity contribution in [2.75, 3.05) is 37.0 Å². The molecule has 0 spiro atoms. The van der Waals surface area contributed by atoms with Gasteiger partial charge in [0.25, 0.3) is 20.2 Å². The number of anilines is 3. The highest BCUT2D eigenvalue weighted by atomic mass is 32.2. The summed E-state index contributed by atoms with van der Waals surface area (Å²) in [4.78, 5) is 10.2. The van der Waals surface area contributed by atoms with E-state index >= 15 is 0 Å². The lowest BCUT2D eigenvalue weighted by Crippen LogP contribution is -2.44. The Balaban J connectivity index is 2.31. The summed E-state index contributed by atoms with van der Waals surface area (Å²) in [5.74, 6) is -0.600. The molecule has 0 aliphatic heterocycles. The predicted molar refractivity (Wildman–Crippen MR) is 114 cm³/mol. The highest BCUT2D eigenvalue weighted by Crippen LogP contribution is 2.27. The molecule has 0 bridgehead atoms. The van der Waals surface area contributed by atoms with Crippen LogP contribution in [0.3, 0.4) is 0 Å². The van der Waals surface area contributed by atoms with Gasteiger partial charge in [-0.2, -0.15) is 31.8 Å². The van der Waals surface area contributed by atoms with Crippen LogP contribution in [0.2, 0.25) is 0 Å². The number of rotatable bonds is 11. The monoisotopic (exact) mass is 527 g/mol. The smallest absolute Gasteiger partial charge is 0.296 e. The van der Waals surface area contributed by atoms with Crippen LogP contribution in [0.1, 0.15) is 5.82 Å². The maximum Gasteiger partial charge on any atom is 0.296 e. The summed E-state index contributed by atoms with van der Waals surface area (Å²) in [5.41, 5.74) is 7.71. The summed E-state index contributed by atoms with van der Waals surface area (Å²) in [6.07, 6.45) is 0.946. The molecule has 0 aliphatic rings. The molecular formula is C14H21N7O9S3. The zero-order valence-electron chi connectivity index (χ0n) is 16.9. The third-order valence-corrected chi connectivity index (χ3v) is 6.69. The molecule has 16 nitrogen and oxygen atoms in total. The molecule has 0 unspecified atom stereocenters. The lowest BCUT2D eigenvalue weighted by Gasteiger charge is -2.19. The Morgan fingerprint density at radius 2 is 1.70 bits per heavy atom. The van der Waals surface area contributed by atoms with Crippen molar-refractivity contribution in [3.8, 4) is 0 Å². The van der Waals surface area contributed by atoms with E-state index in [0.717, 1.165) is 28.9 Å². The second-order valence-electron chi connectivity index (χ2n) is 6.38. The van der Waals surface area contributed by atoms with Gasteiger partial charge in [-0.3, -0.25) is 9.11 Å². The number of nitrogens with one attached hydrogen (secondary N) is 2. The zero-order chi connectivity index (χ0) is 25.0. The second kappa shape index (κ2) is 10.2. The van der Waals surface area contributed by atoms with Crippen molar-refractivity contribution < 1.29 is 39.5 Å². The molecular weight excluding hydrogens is 506 g/mol. The molecule has 33 heavy (non-hydrogen) atoms. The van der Waals surface area contributed by atoms with Gasteiger partial charge in [0.1, 0.15) is 10.7 Å². The average Bonchev–Trinajstić information content (AvgIpc) is 2.64. The van der Waals surface area contributed by atoms with Gasteiger partial charge in [-0.25, -0.2) is 13.8 Å². The molecule has 0 amide bonds. The number of hydrogen-bond donors (Lipinski definition) is 6. The molecule has 0 saturated heterocycles. The second-order valence-corrected chi connectivity index (χ2v) is 11.1. The molecule has 1 aromatic carbocycles. The minimum absolute atomic E-state index is 0.00899. The molecule has 0 radical (unpaired) electrons. The van der Waals surface area contributed by atoms with Crippen LogP contribution in [-0.4, -0.2) is 84.8 Å². The Morgan fingerprint density at radius 3 is 2.24 bits per heavy atom. The largest absolute Gasteiger partial charge is 0.395 e. The van der Waals surface area contributed by atoms with Crippen LogP contribution in [0, 0.1) is 0 Å². The van der Waals surface area contributed by atoms with Gasteiger partial charge in [0.15, 0.2) is 0 Å². The molecule has 0 fully saturated rings. The highest BCUT2D eigenvalue weighted by molar-refractivity contribution is 7.88. The fourth-order valence-electron chi connectivity index (χ4n) is 2.46. The summed E-state index contributed by atoms with van der Waals surface area (Å²) in [5, 5.41) is 11.4. The SMILES string of the molecule is CS(=O)(=O)N(CCO)NCCc1nc(N)nc(Nc2cc(S(=O)(=O)O)ccc2S(=O)(=O)O)n1. The summed E-state index contributed by atoms with van der Waals surface area (Å²) in [6.45, 7) is -0.635. The number of hydrazine groups is 1. The lowest BCUT2D eigenvalue weighted by molar-refractivity contribution is 0.223. The first-order valence-electron chi connectivity index (χ1n) is 8.80. The van der Waals surface area contributed by atoms with Gasteiger partial charge in [0.05, 0.1) is 30.0 Å². The number of benzene rings is 1. The fraction of sp³-hybridized carbons (Fsp3) is 0.357. The van der Waals surface area contributed by atoms with Crippen LogP contribution in [0.25, 0.3) is 0 Å². The van der Waals surface area contributed by atoms with Crippen molar-refractivity contribution >= 4 is 47.8 Å². The van der Waals surface area contributed by atoms with Gasteiger partial charge >= 0.3 is 0 Å². The first-order chi connectivity index (χ1) is 15.1. The molecule has 1 heterocycles. The van der Waals surface area contributed by atoms with Crippen molar-refractivity contribution in [1.29, 1.82) is 0 Å². The summed E-state index contributed by atoms with van der Waals surface area (Å²) in [6, 6.07) is 2.25. The Hall–Kier alpha value is -2.52. The summed E-state index contributed by atoms with van der Waals surface area (Å²) in [7, 11) is -13.2. The average molecular weight is 528 g/mol. The molecule has 7 N–H and O–H groups in total. The minimum Gasteiger partial charge on any atom is -0.395 e. The fourth-order valence-corrected chi connectivity index (χ4v) is 4.34. The standard InChI is InChI=1S/C14H21N7O9S3/c1-31(23,24)21(6-7-22)16-5-4-12-18-13(15)20-14(19-12)17-10-8-9(32(25,26)27)2-3-11(10)33(28,29)30/h2-3,8,16,22H,4-7H2,1H3,(H,25,26,27)(H,28,29,30)(H3,15,17,18,19,20). The van der Waals surface area contributed by atoms with Crippen LogP contribution in [-0.2, 0) is 36.7 Å². The third-order valence-electron chi connectivity index (χ3n) is 3.81. The van der Waals surface area contributed by atoms with E-state index in [-0.39, 0.29) is 37.2 Å². The molecule has 184 valence electrons. The maximum absolute atomic E-state index is 11.6. The van der Waals surface area contributed by atoms with Gasteiger partial charge in [-0.05, 0) is 18.2 Å². The number of hydrogen-bond acceptors (Lipinski definition) is 13. The number of aliphatic hydroxyl groups excluding tert-OH is 1. The molecule has 2 aromatic rings. The van der Waals surface area contributed by atoms with Gasteiger partial charge in [0.2, 0.25) is 21.9 Å². The van der Waals surface area contributed by atoms with Crippen molar-refractivity contribution in [2.45, 2.75) is 16.2 Å². The lowest BCUT2D eigenvalue weighted by atomic mass is 10.3. The minimum atomic E-state index is -4.81. The van der Waals surface area contributed by atoms with E-state index in [9.17, 15) is 34.4 Å². The normalized spacial score (nSPS) is 12.8. The number of sulfonamides is 1. The molecule has 2 rings (SSSR count). The van der Waals surface area contributed by atoms with Crippen LogP contribution >= 0.6 is 0 Å². The van der Waals surface area contributed by atoms with E-state index in [1.165, 1.54) is 0 Å². The van der Waals surface area contributed by atoms with E-state index in [4.69, 9.17) is 10.8 Å². The van der Waals surface area contributed by atoms with Crippen molar-refractivity contribution in [1.82, 2.24) is 24.8 Å². The van der Waals surface area contributed by atoms with E-state index in [1.807, 2.05) is 0 Å². The van der Waals surface area contributed by atoms with Crippen LogP contribution < -0.4 is 16.5 Å². The summed E-state index contributed by atoms with van der Waals surface area (Å²) < 4.78 is 88.7. The Labute approximate surface area is 189 Å². The highest BCUT2D eigenvalue weighted by Gasteiger charge is 2.21. The van der Waals surface area contributed by atoms with E-state index < -0.39 is 52.3 Å². The first-order valence-corrected chi connectivity index (χ1v) is 13.5. The van der Waals surface area contributed by atoms with Crippen molar-refractivity contribution in [3.63, 3.8) is 0 Å². The van der Waals surface area contributed by atoms with E-state index in [2.05, 4.69) is 25.7 Å². The Morgan fingerprint density at radius 1 is 1.03 bits per heavy atom. The summed E-state index contributed by atoms with van der Waals surface area (Å²) >= 11 is 0. The van der Waals surface area contributed by atoms with Gasteiger partial charge in [0, 0.05) is 13.0 Å². The third kappa shape index (κ3) is 7.78. The number of nitrogen functional groups attached to an aromatic ring is 1. The molecule has 0 aliphatic carbocycles. The topological polar surface area (TPSA) is 255 Å². The quantitative estimate of drug-likeness (QED) is 0.136. The van der Waals surface area contributed by atoms with Crippen LogP contribution in [0.5, 0.6) is 0 Å². The Bertz CT molecular complexity index is 1330. The molecule has 0 saturated carbocycles. The first kappa shape index (κ1) is 26.7. The van der Waals surface area contributed by atoms with Gasteiger partial charge in [-0.15, -0.1) is 4.41 Å². The van der Waals surface area contributed by atoms with E-state index in [1.54, 1.807) is 0 Å². The van der Waals surface area contributed by atoms with Gasteiger partial charge < -0.3 is 16.2 Å².